The first-order valence-electron chi connectivity index (χ1n) is 10.6. The van der Waals surface area contributed by atoms with Gasteiger partial charge in [-0.25, -0.2) is 9.67 Å². The van der Waals surface area contributed by atoms with Gasteiger partial charge in [0.2, 0.25) is 0 Å². The van der Waals surface area contributed by atoms with Crippen LogP contribution >= 0.6 is 0 Å². The van der Waals surface area contributed by atoms with Crippen LogP contribution in [0.2, 0.25) is 0 Å². The highest BCUT2D eigenvalue weighted by Gasteiger charge is 2.11. The predicted molar refractivity (Wildman–Crippen MR) is 128 cm³/mol. The van der Waals surface area contributed by atoms with Gasteiger partial charge in [-0.3, -0.25) is 4.79 Å². The molecule has 4 rings (SSSR count). The Morgan fingerprint density at radius 3 is 2.61 bits per heavy atom. The third kappa shape index (κ3) is 5.17. The molecule has 8 nitrogen and oxygen atoms in total. The lowest BCUT2D eigenvalue weighted by atomic mass is 10.0. The van der Waals surface area contributed by atoms with Crippen molar-refractivity contribution in [3.8, 4) is 5.82 Å². The molecule has 0 aliphatic carbocycles. The van der Waals surface area contributed by atoms with Crippen LogP contribution in [0.1, 0.15) is 35.5 Å². The van der Waals surface area contributed by atoms with Gasteiger partial charge in [-0.2, -0.15) is 5.10 Å². The van der Waals surface area contributed by atoms with Gasteiger partial charge in [-0.05, 0) is 61.4 Å². The number of nitrogens with two attached hydrogens (primary N) is 1. The number of carbonyl (C=O) groups excluding carboxylic acids is 1. The van der Waals surface area contributed by atoms with Gasteiger partial charge >= 0.3 is 0 Å². The fraction of sp³-hybridized carbons (Fsp3) is 0.200. The van der Waals surface area contributed by atoms with Crippen LogP contribution in [0.4, 0.5) is 0 Å². The second-order valence-corrected chi connectivity index (χ2v) is 7.89. The number of rotatable bonds is 7. The van der Waals surface area contributed by atoms with Crippen LogP contribution in [-0.4, -0.2) is 33.1 Å². The van der Waals surface area contributed by atoms with E-state index in [0.717, 1.165) is 27.7 Å². The molecule has 1 unspecified atom stereocenters. The quantitative estimate of drug-likeness (QED) is 0.259. The molecule has 0 spiro atoms. The lowest BCUT2D eigenvalue weighted by Crippen LogP contribution is -2.30. The Morgan fingerprint density at radius 2 is 1.91 bits per heavy atom. The molecule has 2 heterocycles. The van der Waals surface area contributed by atoms with Crippen molar-refractivity contribution in [2.75, 3.05) is 6.61 Å². The zero-order valence-corrected chi connectivity index (χ0v) is 18.8. The second-order valence-electron chi connectivity index (χ2n) is 7.89. The van der Waals surface area contributed by atoms with E-state index in [1.54, 1.807) is 23.0 Å². The number of hydrogen-bond donors (Lipinski definition) is 2. The van der Waals surface area contributed by atoms with Crippen LogP contribution in [-0.2, 0) is 9.63 Å². The van der Waals surface area contributed by atoms with E-state index in [4.69, 9.17) is 10.6 Å². The number of aromatic nitrogens is 3. The molecule has 168 valence electrons. The van der Waals surface area contributed by atoms with Gasteiger partial charge in [0, 0.05) is 17.5 Å². The highest BCUT2D eigenvalue weighted by Crippen LogP contribution is 2.20. The molecule has 4 aromatic rings. The molecule has 1 amide bonds. The smallest absolute Gasteiger partial charge is 0.261 e. The van der Waals surface area contributed by atoms with Gasteiger partial charge in [0.1, 0.15) is 0 Å². The highest BCUT2D eigenvalue weighted by molar-refractivity contribution is 5.96. The number of pyridine rings is 1. The van der Waals surface area contributed by atoms with Gasteiger partial charge in [-0.15, -0.1) is 0 Å². The first kappa shape index (κ1) is 22.0. The van der Waals surface area contributed by atoms with Crippen LogP contribution in [0.15, 0.2) is 72.0 Å². The van der Waals surface area contributed by atoms with E-state index < -0.39 is 0 Å². The predicted octanol–water partition coefficient (Wildman–Crippen LogP) is 3.55. The summed E-state index contributed by atoms with van der Waals surface area (Å²) in [4.78, 5) is 21.8. The zero-order valence-electron chi connectivity index (χ0n) is 18.8. The van der Waals surface area contributed by atoms with Crippen LogP contribution in [0.25, 0.3) is 16.6 Å². The SMILES string of the molecule is Cc1cc(C)n(-c2ccc(/C(N)=N/OCC(=O)NC(C)c3ccc4ccccc4c3)cn2)n1. The van der Waals surface area contributed by atoms with Gasteiger partial charge in [-0.1, -0.05) is 41.6 Å². The summed E-state index contributed by atoms with van der Waals surface area (Å²) in [5, 5.41) is 13.5. The number of carbonyl (C=O) groups is 1. The Labute approximate surface area is 192 Å². The third-order valence-electron chi connectivity index (χ3n) is 5.28. The summed E-state index contributed by atoms with van der Waals surface area (Å²) >= 11 is 0. The maximum atomic E-state index is 12.3. The topological polar surface area (TPSA) is 107 Å². The fourth-order valence-corrected chi connectivity index (χ4v) is 3.58. The lowest BCUT2D eigenvalue weighted by Gasteiger charge is -2.14. The number of oxime groups is 1. The van der Waals surface area contributed by atoms with Crippen molar-refractivity contribution >= 4 is 22.5 Å². The van der Waals surface area contributed by atoms with Gasteiger partial charge < -0.3 is 15.9 Å². The molecule has 0 radical (unpaired) electrons. The van der Waals surface area contributed by atoms with E-state index in [9.17, 15) is 4.79 Å². The molecular weight excluding hydrogens is 416 g/mol. The van der Waals surface area contributed by atoms with Crippen LogP contribution in [0, 0.1) is 13.8 Å². The largest absolute Gasteiger partial charge is 0.384 e. The van der Waals surface area contributed by atoms with Crippen molar-refractivity contribution in [3.63, 3.8) is 0 Å². The average molecular weight is 443 g/mol. The summed E-state index contributed by atoms with van der Waals surface area (Å²) in [6, 6.07) is 19.6. The maximum absolute atomic E-state index is 12.3. The van der Waals surface area contributed by atoms with Crippen LogP contribution in [0.3, 0.4) is 0 Å². The number of aryl methyl sites for hydroxylation is 2. The molecule has 0 fully saturated rings. The third-order valence-corrected chi connectivity index (χ3v) is 5.28. The molecule has 0 bridgehead atoms. The standard InChI is InChI=1S/C25H26N6O2/c1-16-12-17(2)31(29-16)23-11-10-22(14-27-23)25(26)30-33-15-24(32)28-18(3)20-9-8-19-6-4-5-7-21(19)13-20/h4-14,18H,15H2,1-3H3,(H2,26,30)(H,28,32). The summed E-state index contributed by atoms with van der Waals surface area (Å²) in [6.07, 6.45) is 1.59. The number of nitrogens with one attached hydrogen (secondary N) is 1. The van der Waals surface area contributed by atoms with E-state index >= 15 is 0 Å². The summed E-state index contributed by atoms with van der Waals surface area (Å²) < 4.78 is 1.75. The molecule has 1 atom stereocenters. The Kier molecular flexibility index (Phi) is 6.35. The minimum atomic E-state index is -0.287. The number of hydrogen-bond acceptors (Lipinski definition) is 5. The zero-order chi connectivity index (χ0) is 23.4. The number of benzene rings is 2. The molecule has 33 heavy (non-hydrogen) atoms. The minimum Gasteiger partial charge on any atom is -0.384 e. The van der Waals surface area contributed by atoms with Crippen molar-refractivity contribution in [3.05, 3.63) is 89.4 Å². The van der Waals surface area contributed by atoms with Crippen LogP contribution < -0.4 is 11.1 Å². The Morgan fingerprint density at radius 1 is 1.12 bits per heavy atom. The van der Waals surface area contributed by atoms with Crippen molar-refractivity contribution in [1.82, 2.24) is 20.1 Å². The van der Waals surface area contributed by atoms with Gasteiger partial charge in [0.25, 0.3) is 5.91 Å². The molecule has 0 aliphatic heterocycles. The van der Waals surface area contributed by atoms with Gasteiger partial charge in [0.15, 0.2) is 18.3 Å². The van der Waals surface area contributed by atoms with E-state index in [1.165, 1.54) is 0 Å². The van der Waals surface area contributed by atoms with Crippen molar-refractivity contribution < 1.29 is 9.63 Å². The molecule has 2 aromatic heterocycles. The Bertz CT molecular complexity index is 1310. The van der Waals surface area contributed by atoms with E-state index in [1.807, 2.05) is 57.2 Å². The summed E-state index contributed by atoms with van der Waals surface area (Å²) in [5.74, 6) is 0.531. The maximum Gasteiger partial charge on any atom is 0.261 e. The van der Waals surface area contributed by atoms with Crippen molar-refractivity contribution in [2.45, 2.75) is 26.8 Å². The first-order valence-corrected chi connectivity index (χ1v) is 10.6. The monoisotopic (exact) mass is 442 g/mol. The van der Waals surface area contributed by atoms with Crippen molar-refractivity contribution in [2.24, 2.45) is 10.9 Å². The number of amidine groups is 1. The molecule has 0 saturated carbocycles. The summed E-state index contributed by atoms with van der Waals surface area (Å²) in [5.41, 5.74) is 9.49. The van der Waals surface area contributed by atoms with E-state index in [0.29, 0.717) is 11.4 Å². The molecule has 3 N–H and O–H groups in total. The highest BCUT2D eigenvalue weighted by atomic mass is 16.6. The fourth-order valence-electron chi connectivity index (χ4n) is 3.58. The number of nitrogens with zero attached hydrogens (tertiary/aromatic N) is 4. The van der Waals surface area contributed by atoms with Crippen molar-refractivity contribution in [1.29, 1.82) is 0 Å². The molecule has 8 heteroatoms. The van der Waals surface area contributed by atoms with Gasteiger partial charge in [0.05, 0.1) is 11.7 Å². The first-order chi connectivity index (χ1) is 15.9. The normalized spacial score (nSPS) is 12.5. The Hall–Kier alpha value is -4.20. The second kappa shape index (κ2) is 9.52. The van der Waals surface area contributed by atoms with E-state index in [-0.39, 0.29) is 24.4 Å². The number of fused-ring (bicyclic) bond motifs is 1. The minimum absolute atomic E-state index is 0.137. The summed E-state index contributed by atoms with van der Waals surface area (Å²) in [7, 11) is 0. The van der Waals surface area contributed by atoms with Crippen LogP contribution in [0.5, 0.6) is 0 Å². The molecule has 0 aliphatic rings. The molecular formula is C25H26N6O2. The average Bonchev–Trinajstić information content (AvgIpc) is 3.16. The summed E-state index contributed by atoms with van der Waals surface area (Å²) in [6.45, 7) is 5.58. The lowest BCUT2D eigenvalue weighted by molar-refractivity contribution is -0.126. The molecule has 2 aromatic carbocycles. The Balaban J connectivity index is 1.32. The number of amides is 1. The molecule has 0 saturated heterocycles. The van der Waals surface area contributed by atoms with E-state index in [2.05, 4.69) is 32.7 Å².